The molecule has 5 nitrogen and oxygen atoms in total. The Morgan fingerprint density at radius 2 is 2.00 bits per heavy atom. The molecule has 21 heavy (non-hydrogen) atoms. The molecule has 1 rings (SSSR count). The SMILES string of the molecule is CSCCCCCNC(=O)Nc1cccc(C(=O)O)c1C. The van der Waals surface area contributed by atoms with E-state index in [1.54, 1.807) is 19.1 Å². The van der Waals surface area contributed by atoms with Gasteiger partial charge in [0.2, 0.25) is 0 Å². The van der Waals surface area contributed by atoms with Crippen LogP contribution in [0.4, 0.5) is 10.5 Å². The Morgan fingerprint density at radius 1 is 1.24 bits per heavy atom. The van der Waals surface area contributed by atoms with Crippen molar-refractivity contribution in [2.24, 2.45) is 0 Å². The molecule has 0 bridgehead atoms. The molecule has 0 radical (unpaired) electrons. The number of unbranched alkanes of at least 4 members (excludes halogenated alkanes) is 2. The molecule has 0 unspecified atom stereocenters. The third kappa shape index (κ3) is 6.08. The van der Waals surface area contributed by atoms with Crippen LogP contribution in [-0.2, 0) is 0 Å². The zero-order valence-electron chi connectivity index (χ0n) is 12.4. The van der Waals surface area contributed by atoms with Crippen molar-refractivity contribution < 1.29 is 14.7 Å². The number of amides is 2. The molecule has 0 spiro atoms. The minimum atomic E-state index is -0.995. The summed E-state index contributed by atoms with van der Waals surface area (Å²) in [6.45, 7) is 2.30. The number of carboxylic acid groups (broad SMARTS) is 1. The predicted molar refractivity (Wildman–Crippen MR) is 87.4 cm³/mol. The quantitative estimate of drug-likeness (QED) is 0.643. The monoisotopic (exact) mass is 310 g/mol. The molecule has 0 aromatic heterocycles. The van der Waals surface area contributed by atoms with Gasteiger partial charge >= 0.3 is 12.0 Å². The van der Waals surface area contributed by atoms with E-state index in [0.29, 0.717) is 17.8 Å². The summed E-state index contributed by atoms with van der Waals surface area (Å²) in [5, 5.41) is 14.5. The van der Waals surface area contributed by atoms with Crippen molar-refractivity contribution in [2.45, 2.75) is 26.2 Å². The van der Waals surface area contributed by atoms with Gasteiger partial charge in [-0.15, -0.1) is 0 Å². The van der Waals surface area contributed by atoms with Crippen LogP contribution < -0.4 is 10.6 Å². The molecule has 0 fully saturated rings. The zero-order valence-corrected chi connectivity index (χ0v) is 13.3. The number of carbonyl (C=O) groups is 2. The fraction of sp³-hybridized carbons (Fsp3) is 0.467. The molecule has 0 saturated carbocycles. The predicted octanol–water partition coefficient (Wildman–Crippen LogP) is 3.35. The first-order valence-electron chi connectivity index (χ1n) is 6.93. The second kappa shape index (κ2) is 9.28. The minimum Gasteiger partial charge on any atom is -0.478 e. The number of nitrogens with one attached hydrogen (secondary N) is 2. The van der Waals surface area contributed by atoms with Crippen molar-refractivity contribution in [1.82, 2.24) is 5.32 Å². The number of benzene rings is 1. The van der Waals surface area contributed by atoms with Gasteiger partial charge in [-0.1, -0.05) is 12.5 Å². The van der Waals surface area contributed by atoms with Crippen LogP contribution in [-0.4, -0.2) is 35.7 Å². The van der Waals surface area contributed by atoms with Gasteiger partial charge in [-0.05, 0) is 49.5 Å². The second-order valence-electron chi connectivity index (χ2n) is 4.72. The van der Waals surface area contributed by atoms with Crippen LogP contribution in [0.1, 0.15) is 35.2 Å². The summed E-state index contributed by atoms with van der Waals surface area (Å²) in [5.74, 6) is 0.151. The van der Waals surface area contributed by atoms with E-state index in [0.717, 1.165) is 25.0 Å². The lowest BCUT2D eigenvalue weighted by molar-refractivity contribution is 0.0696. The molecule has 1 aromatic rings. The molecule has 0 aliphatic heterocycles. The zero-order chi connectivity index (χ0) is 15.7. The smallest absolute Gasteiger partial charge is 0.336 e. The Kier molecular flexibility index (Phi) is 7.68. The highest BCUT2D eigenvalue weighted by Gasteiger charge is 2.11. The lowest BCUT2D eigenvalue weighted by Crippen LogP contribution is -2.30. The highest BCUT2D eigenvalue weighted by molar-refractivity contribution is 7.98. The summed E-state index contributed by atoms with van der Waals surface area (Å²) < 4.78 is 0. The highest BCUT2D eigenvalue weighted by Crippen LogP contribution is 2.18. The fourth-order valence-corrected chi connectivity index (χ4v) is 2.41. The van der Waals surface area contributed by atoms with Gasteiger partial charge in [0.1, 0.15) is 0 Å². The van der Waals surface area contributed by atoms with Crippen LogP contribution in [0.5, 0.6) is 0 Å². The van der Waals surface area contributed by atoms with Gasteiger partial charge in [0, 0.05) is 12.2 Å². The maximum Gasteiger partial charge on any atom is 0.336 e. The van der Waals surface area contributed by atoms with Gasteiger partial charge in [-0.3, -0.25) is 0 Å². The van der Waals surface area contributed by atoms with Gasteiger partial charge in [0.05, 0.1) is 5.56 Å². The van der Waals surface area contributed by atoms with Crippen molar-refractivity contribution in [1.29, 1.82) is 0 Å². The van der Waals surface area contributed by atoms with E-state index >= 15 is 0 Å². The maximum absolute atomic E-state index is 11.8. The van der Waals surface area contributed by atoms with Crippen LogP contribution in [0.25, 0.3) is 0 Å². The first-order chi connectivity index (χ1) is 10.1. The molecule has 0 saturated heterocycles. The number of carbonyl (C=O) groups excluding carboxylic acids is 1. The van der Waals surface area contributed by atoms with Crippen LogP contribution >= 0.6 is 11.8 Å². The largest absolute Gasteiger partial charge is 0.478 e. The molecule has 6 heteroatoms. The number of rotatable bonds is 8. The normalized spacial score (nSPS) is 10.2. The topological polar surface area (TPSA) is 78.4 Å². The molecule has 0 atom stereocenters. The molecule has 2 amide bonds. The fourth-order valence-electron chi connectivity index (χ4n) is 1.92. The van der Waals surface area contributed by atoms with Gasteiger partial charge in [-0.25, -0.2) is 9.59 Å². The van der Waals surface area contributed by atoms with E-state index in [2.05, 4.69) is 16.9 Å². The second-order valence-corrected chi connectivity index (χ2v) is 5.70. The van der Waals surface area contributed by atoms with E-state index in [4.69, 9.17) is 5.11 Å². The van der Waals surface area contributed by atoms with Crippen molar-refractivity contribution in [3.8, 4) is 0 Å². The highest BCUT2D eigenvalue weighted by atomic mass is 32.2. The van der Waals surface area contributed by atoms with Crippen molar-refractivity contribution in [2.75, 3.05) is 23.9 Å². The Balaban J connectivity index is 2.41. The number of aromatic carboxylic acids is 1. The number of carboxylic acids is 1. The van der Waals surface area contributed by atoms with Crippen LogP contribution in [0.15, 0.2) is 18.2 Å². The Bertz CT molecular complexity index is 492. The average molecular weight is 310 g/mol. The van der Waals surface area contributed by atoms with Crippen molar-refractivity contribution in [3.63, 3.8) is 0 Å². The lowest BCUT2D eigenvalue weighted by Gasteiger charge is -2.11. The van der Waals surface area contributed by atoms with Gasteiger partial charge < -0.3 is 15.7 Å². The standard InChI is InChI=1S/C15H22N2O3S/c1-11-12(14(18)19)7-6-8-13(11)17-15(20)16-9-4-3-5-10-21-2/h6-8H,3-5,9-10H2,1-2H3,(H,18,19)(H2,16,17,20). The minimum absolute atomic E-state index is 0.199. The Hall–Kier alpha value is -1.69. The number of hydrogen-bond donors (Lipinski definition) is 3. The molecular weight excluding hydrogens is 288 g/mol. The summed E-state index contributed by atoms with van der Waals surface area (Å²) >= 11 is 1.83. The van der Waals surface area contributed by atoms with Gasteiger partial charge in [-0.2, -0.15) is 11.8 Å². The van der Waals surface area contributed by atoms with Crippen molar-refractivity contribution >= 4 is 29.4 Å². The van der Waals surface area contributed by atoms with E-state index in [1.807, 2.05) is 11.8 Å². The number of hydrogen-bond acceptors (Lipinski definition) is 3. The van der Waals surface area contributed by atoms with E-state index < -0.39 is 5.97 Å². The first-order valence-corrected chi connectivity index (χ1v) is 8.32. The summed E-state index contributed by atoms with van der Waals surface area (Å²) in [7, 11) is 0. The molecular formula is C15H22N2O3S. The van der Waals surface area contributed by atoms with Crippen LogP contribution in [0.2, 0.25) is 0 Å². The Labute approximate surface area is 129 Å². The van der Waals surface area contributed by atoms with Gasteiger partial charge in [0.15, 0.2) is 0 Å². The average Bonchev–Trinajstić information content (AvgIpc) is 2.44. The van der Waals surface area contributed by atoms with E-state index in [-0.39, 0.29) is 11.6 Å². The third-order valence-corrected chi connectivity index (χ3v) is 3.82. The number of anilines is 1. The molecule has 1 aromatic carbocycles. The number of urea groups is 1. The molecule has 116 valence electrons. The van der Waals surface area contributed by atoms with Gasteiger partial charge in [0.25, 0.3) is 0 Å². The number of thioether (sulfide) groups is 1. The molecule has 0 aliphatic carbocycles. The molecule has 0 aliphatic rings. The first kappa shape index (κ1) is 17.4. The third-order valence-electron chi connectivity index (χ3n) is 3.12. The summed E-state index contributed by atoms with van der Waals surface area (Å²) in [6, 6.07) is 4.53. The summed E-state index contributed by atoms with van der Waals surface area (Å²) in [4.78, 5) is 22.8. The molecule has 3 N–H and O–H groups in total. The Morgan fingerprint density at radius 3 is 2.67 bits per heavy atom. The summed E-state index contributed by atoms with van der Waals surface area (Å²) in [6.07, 6.45) is 5.28. The van der Waals surface area contributed by atoms with E-state index in [9.17, 15) is 9.59 Å². The van der Waals surface area contributed by atoms with Crippen molar-refractivity contribution in [3.05, 3.63) is 29.3 Å². The summed E-state index contributed by atoms with van der Waals surface area (Å²) in [5.41, 5.74) is 1.28. The molecule has 0 heterocycles. The van der Waals surface area contributed by atoms with E-state index in [1.165, 1.54) is 6.07 Å². The maximum atomic E-state index is 11.8. The van der Waals surface area contributed by atoms with Crippen LogP contribution in [0, 0.1) is 6.92 Å². The lowest BCUT2D eigenvalue weighted by atomic mass is 10.1. The van der Waals surface area contributed by atoms with Crippen LogP contribution in [0.3, 0.4) is 0 Å².